The van der Waals surface area contributed by atoms with Crippen molar-refractivity contribution in [3.63, 3.8) is 0 Å². The largest absolute Gasteiger partial charge is 0.388 e. The molecule has 2 fully saturated rings. The van der Waals surface area contributed by atoms with Gasteiger partial charge in [-0.15, -0.1) is 0 Å². The fourth-order valence-corrected chi connectivity index (χ4v) is 4.48. The van der Waals surface area contributed by atoms with Crippen LogP contribution in [-0.2, 0) is 6.54 Å². The molecule has 2 amide bonds. The van der Waals surface area contributed by atoms with Crippen LogP contribution in [0.4, 0.5) is 0 Å². The second-order valence-corrected chi connectivity index (χ2v) is 8.44. The van der Waals surface area contributed by atoms with Gasteiger partial charge < -0.3 is 25.7 Å². The van der Waals surface area contributed by atoms with Gasteiger partial charge in [0, 0.05) is 43.9 Å². The van der Waals surface area contributed by atoms with Gasteiger partial charge in [-0.05, 0) is 48.1 Å². The molecule has 2 aliphatic heterocycles. The van der Waals surface area contributed by atoms with Crippen LogP contribution in [0.5, 0.6) is 0 Å². The molecule has 0 unspecified atom stereocenters. The van der Waals surface area contributed by atoms with E-state index in [1.807, 2.05) is 17.0 Å². The number of carbonyl (C=O) groups excluding carboxylic acids is 2. The van der Waals surface area contributed by atoms with Gasteiger partial charge >= 0.3 is 0 Å². The summed E-state index contributed by atoms with van der Waals surface area (Å²) in [5, 5.41) is 19.4. The summed E-state index contributed by atoms with van der Waals surface area (Å²) in [6.45, 7) is 2.04. The first-order valence-electron chi connectivity index (χ1n) is 10.8. The summed E-state index contributed by atoms with van der Waals surface area (Å²) >= 11 is 0. The molecule has 4 rings (SSSR count). The fraction of sp³-hybridized carbons (Fsp3) is 0.417. The predicted octanol–water partition coefficient (Wildman–Crippen LogP) is 1.34. The Bertz CT molecular complexity index is 945. The molecule has 0 aliphatic carbocycles. The number of hydrogen-bond donors (Lipinski definition) is 3. The number of likely N-dealkylation sites (tertiary alicyclic amines) is 2. The van der Waals surface area contributed by atoms with E-state index < -0.39 is 12.2 Å². The summed E-state index contributed by atoms with van der Waals surface area (Å²) in [5.74, 6) is 0.0468. The number of piperidine rings is 1. The first-order valence-corrected chi connectivity index (χ1v) is 10.8. The molecule has 2 aromatic rings. The Morgan fingerprint density at radius 1 is 0.871 bits per heavy atom. The molecule has 2 aromatic carbocycles. The number of rotatable bonds is 4. The van der Waals surface area contributed by atoms with Crippen molar-refractivity contribution >= 4 is 11.8 Å². The lowest BCUT2D eigenvalue weighted by Crippen LogP contribution is -2.38. The maximum atomic E-state index is 13.0. The van der Waals surface area contributed by atoms with E-state index in [-0.39, 0.29) is 24.9 Å². The lowest BCUT2D eigenvalue weighted by Gasteiger charge is -2.32. The number of carbonyl (C=O) groups is 2. The van der Waals surface area contributed by atoms with Crippen LogP contribution in [-0.4, -0.2) is 70.2 Å². The van der Waals surface area contributed by atoms with Crippen LogP contribution >= 0.6 is 0 Å². The lowest BCUT2D eigenvalue weighted by molar-refractivity contribution is 0.0572. The molecule has 0 saturated carbocycles. The Labute approximate surface area is 182 Å². The van der Waals surface area contributed by atoms with Gasteiger partial charge in [-0.2, -0.15) is 0 Å². The highest BCUT2D eigenvalue weighted by molar-refractivity contribution is 5.99. The van der Waals surface area contributed by atoms with Crippen LogP contribution < -0.4 is 5.73 Å². The highest BCUT2D eigenvalue weighted by Crippen LogP contribution is 2.29. The van der Waals surface area contributed by atoms with Crippen molar-refractivity contribution in [2.75, 3.05) is 26.2 Å². The molecule has 7 heteroatoms. The zero-order valence-corrected chi connectivity index (χ0v) is 17.5. The number of nitrogens with two attached hydrogens (primary N) is 1. The van der Waals surface area contributed by atoms with Crippen molar-refractivity contribution in [1.29, 1.82) is 0 Å². The summed E-state index contributed by atoms with van der Waals surface area (Å²) in [6.07, 6.45) is -0.0784. The quantitative estimate of drug-likeness (QED) is 0.688. The third kappa shape index (κ3) is 4.63. The van der Waals surface area contributed by atoms with Crippen LogP contribution in [0.15, 0.2) is 48.5 Å². The topological polar surface area (TPSA) is 107 Å². The molecule has 7 nitrogen and oxygen atoms in total. The van der Waals surface area contributed by atoms with Gasteiger partial charge in [-0.3, -0.25) is 9.59 Å². The monoisotopic (exact) mass is 423 g/mol. The van der Waals surface area contributed by atoms with Crippen molar-refractivity contribution in [3.8, 4) is 0 Å². The minimum Gasteiger partial charge on any atom is -0.388 e. The first-order chi connectivity index (χ1) is 15.0. The van der Waals surface area contributed by atoms with Gasteiger partial charge in [0.25, 0.3) is 11.8 Å². The van der Waals surface area contributed by atoms with Gasteiger partial charge in [0.1, 0.15) is 0 Å². The highest BCUT2D eigenvalue weighted by Gasteiger charge is 2.33. The minimum absolute atomic E-state index is 0.0784. The Morgan fingerprint density at radius 2 is 1.45 bits per heavy atom. The summed E-state index contributed by atoms with van der Waals surface area (Å²) in [7, 11) is 0. The number of aliphatic hydroxyl groups excluding tert-OH is 2. The SMILES string of the molecule is NCc1cccc(C2CCN(C(=O)c3cccc(C(=O)N4C[C@@H](O)[C@@H](O)C4)c3)CC2)c1. The van der Waals surface area contributed by atoms with E-state index in [2.05, 4.69) is 12.1 Å². The third-order valence-electron chi connectivity index (χ3n) is 6.34. The molecule has 31 heavy (non-hydrogen) atoms. The van der Waals surface area contributed by atoms with Gasteiger partial charge in [0.15, 0.2) is 0 Å². The highest BCUT2D eigenvalue weighted by atomic mass is 16.3. The van der Waals surface area contributed by atoms with E-state index in [0.717, 1.165) is 18.4 Å². The number of aliphatic hydroxyl groups is 2. The average Bonchev–Trinajstić information content (AvgIpc) is 3.16. The Kier molecular flexibility index (Phi) is 6.36. The van der Waals surface area contributed by atoms with Crippen molar-refractivity contribution < 1.29 is 19.8 Å². The van der Waals surface area contributed by atoms with Crippen LogP contribution in [0, 0.1) is 0 Å². The maximum Gasteiger partial charge on any atom is 0.254 e. The third-order valence-corrected chi connectivity index (χ3v) is 6.34. The molecule has 0 aromatic heterocycles. The van der Waals surface area contributed by atoms with E-state index >= 15 is 0 Å². The normalized spacial score (nSPS) is 22.0. The second kappa shape index (κ2) is 9.18. The first kappa shape index (κ1) is 21.5. The molecule has 0 bridgehead atoms. The number of nitrogens with zero attached hydrogens (tertiary/aromatic N) is 2. The summed E-state index contributed by atoms with van der Waals surface area (Å²) in [5.41, 5.74) is 9.02. The molecule has 0 radical (unpaired) electrons. The molecule has 2 aliphatic rings. The van der Waals surface area contributed by atoms with E-state index in [9.17, 15) is 19.8 Å². The van der Waals surface area contributed by atoms with E-state index in [1.54, 1.807) is 24.3 Å². The minimum atomic E-state index is -0.930. The zero-order valence-electron chi connectivity index (χ0n) is 17.5. The zero-order chi connectivity index (χ0) is 22.0. The number of β-amino-alcohol motifs (C(OH)–C–C–N with tert-alkyl or cyclic N) is 2. The molecule has 164 valence electrons. The average molecular weight is 424 g/mol. The number of hydrogen-bond acceptors (Lipinski definition) is 5. The fourth-order valence-electron chi connectivity index (χ4n) is 4.48. The molecular weight excluding hydrogens is 394 g/mol. The van der Waals surface area contributed by atoms with Gasteiger partial charge in [-0.1, -0.05) is 30.3 Å². The molecule has 2 atom stereocenters. The number of benzene rings is 2. The Hall–Kier alpha value is -2.74. The predicted molar refractivity (Wildman–Crippen MR) is 117 cm³/mol. The number of amides is 2. The molecular formula is C24H29N3O4. The molecule has 2 saturated heterocycles. The van der Waals surface area contributed by atoms with Crippen molar-refractivity contribution in [2.24, 2.45) is 5.73 Å². The van der Waals surface area contributed by atoms with E-state index in [4.69, 9.17) is 5.73 Å². The molecule has 0 spiro atoms. The summed E-state index contributed by atoms with van der Waals surface area (Å²) in [4.78, 5) is 29.0. The van der Waals surface area contributed by atoms with Crippen molar-refractivity contribution in [2.45, 2.75) is 37.5 Å². The van der Waals surface area contributed by atoms with Crippen LogP contribution in [0.25, 0.3) is 0 Å². The Morgan fingerprint density at radius 3 is 2.06 bits per heavy atom. The van der Waals surface area contributed by atoms with E-state index in [1.165, 1.54) is 10.5 Å². The summed E-state index contributed by atoms with van der Waals surface area (Å²) < 4.78 is 0. The second-order valence-electron chi connectivity index (χ2n) is 8.44. The van der Waals surface area contributed by atoms with Crippen LogP contribution in [0.3, 0.4) is 0 Å². The van der Waals surface area contributed by atoms with Crippen molar-refractivity contribution in [1.82, 2.24) is 9.80 Å². The summed E-state index contributed by atoms with van der Waals surface area (Å²) in [6, 6.07) is 15.0. The van der Waals surface area contributed by atoms with Gasteiger partial charge in [-0.25, -0.2) is 0 Å². The van der Waals surface area contributed by atoms with Crippen molar-refractivity contribution in [3.05, 3.63) is 70.8 Å². The maximum absolute atomic E-state index is 13.0. The van der Waals surface area contributed by atoms with E-state index in [0.29, 0.717) is 36.7 Å². The van der Waals surface area contributed by atoms with Crippen LogP contribution in [0.2, 0.25) is 0 Å². The Balaban J connectivity index is 1.40. The standard InChI is InChI=1S/C24H29N3O4/c25-13-16-3-1-4-18(11-16)17-7-9-26(10-8-17)23(30)19-5-2-6-20(12-19)24(31)27-14-21(28)22(29)15-27/h1-6,11-12,17,21-22,28-29H,7-10,13-15,25H2/t21-,22+. The van der Waals surface area contributed by atoms with Crippen LogP contribution in [0.1, 0.15) is 50.6 Å². The lowest BCUT2D eigenvalue weighted by atomic mass is 9.88. The molecule has 2 heterocycles. The smallest absolute Gasteiger partial charge is 0.254 e. The van der Waals surface area contributed by atoms with Gasteiger partial charge in [0.05, 0.1) is 12.2 Å². The molecule has 4 N–H and O–H groups in total. The van der Waals surface area contributed by atoms with Gasteiger partial charge in [0.2, 0.25) is 0 Å².